The molecule has 0 aliphatic rings. The molecule has 0 aliphatic heterocycles. The van der Waals surface area contributed by atoms with Crippen molar-refractivity contribution in [3.05, 3.63) is 51.7 Å². The van der Waals surface area contributed by atoms with Crippen molar-refractivity contribution in [1.29, 1.82) is 0 Å². The number of likely N-dealkylation sites (N-methyl/N-ethyl adjacent to an activating group) is 1. The fraction of sp³-hybridized carbons (Fsp3) is 0.353. The van der Waals surface area contributed by atoms with Gasteiger partial charge in [-0.3, -0.25) is 4.55 Å². The molecule has 1 aromatic heterocycles. The number of hydrogen-bond acceptors (Lipinski definition) is 5. The van der Waals surface area contributed by atoms with Gasteiger partial charge in [0.25, 0.3) is 10.1 Å². The van der Waals surface area contributed by atoms with E-state index in [-0.39, 0.29) is 4.90 Å². The van der Waals surface area contributed by atoms with Crippen LogP contribution in [0.3, 0.4) is 0 Å². The van der Waals surface area contributed by atoms with Crippen molar-refractivity contribution in [2.24, 2.45) is 0 Å². The molecule has 1 heterocycles. The second-order valence-corrected chi connectivity index (χ2v) is 8.49. The number of aryl methyl sites for hydroxylation is 1. The average molecular weight is 466 g/mol. The first kappa shape index (κ1) is 22.9. The van der Waals surface area contributed by atoms with E-state index < -0.39 is 10.1 Å². The van der Waals surface area contributed by atoms with Gasteiger partial charge in [0.2, 0.25) is 0 Å². The Bertz CT molecular complexity index is 814. The number of benzene rings is 1. The lowest BCUT2D eigenvalue weighted by Gasteiger charge is -2.19. The molecule has 0 bridgehead atoms. The van der Waals surface area contributed by atoms with Gasteiger partial charge in [-0.2, -0.15) is 8.42 Å². The third-order valence-corrected chi connectivity index (χ3v) is 5.46. The van der Waals surface area contributed by atoms with Crippen molar-refractivity contribution in [1.82, 2.24) is 9.88 Å². The van der Waals surface area contributed by atoms with Crippen LogP contribution < -0.4 is 4.74 Å². The zero-order valence-electron chi connectivity index (χ0n) is 15.0. The smallest absolute Gasteiger partial charge is 0.294 e. The van der Waals surface area contributed by atoms with Crippen molar-refractivity contribution in [2.75, 3.05) is 20.7 Å². The van der Waals surface area contributed by atoms with Gasteiger partial charge in [-0.05, 0) is 62.1 Å². The first-order valence-electron chi connectivity index (χ1n) is 7.65. The molecule has 0 saturated carbocycles. The second kappa shape index (κ2) is 10.2. The molecule has 2 aromatic rings. The van der Waals surface area contributed by atoms with E-state index in [1.807, 2.05) is 27.1 Å². The van der Waals surface area contributed by atoms with E-state index in [1.165, 1.54) is 12.1 Å². The first-order chi connectivity index (χ1) is 12.0. The largest absolute Gasteiger partial charge is 0.490 e. The summed E-state index contributed by atoms with van der Waals surface area (Å²) in [6.45, 7) is 4.56. The van der Waals surface area contributed by atoms with Crippen LogP contribution in [0.1, 0.15) is 12.5 Å². The molecular weight excluding hydrogens is 444 g/mol. The first-order valence-corrected chi connectivity index (χ1v) is 10.3. The van der Waals surface area contributed by atoms with Crippen LogP contribution >= 0.6 is 27.5 Å². The van der Waals surface area contributed by atoms with E-state index in [0.29, 0.717) is 17.8 Å². The molecule has 26 heavy (non-hydrogen) atoms. The summed E-state index contributed by atoms with van der Waals surface area (Å²) in [7, 11) is 0.0162. The Kier molecular flexibility index (Phi) is 8.99. The number of hydrogen-bond donors (Lipinski definition) is 1. The van der Waals surface area contributed by atoms with Gasteiger partial charge >= 0.3 is 0 Å². The molecule has 0 unspecified atom stereocenters. The molecule has 0 fully saturated rings. The van der Waals surface area contributed by atoms with Crippen LogP contribution in [-0.2, 0) is 10.1 Å². The predicted octanol–water partition coefficient (Wildman–Crippen LogP) is 4.07. The highest BCUT2D eigenvalue weighted by Gasteiger charge is 2.07. The van der Waals surface area contributed by atoms with Crippen molar-refractivity contribution in [2.45, 2.75) is 24.8 Å². The summed E-state index contributed by atoms with van der Waals surface area (Å²) in [4.78, 5) is 6.01. The van der Waals surface area contributed by atoms with Gasteiger partial charge in [0.1, 0.15) is 17.5 Å². The number of halogens is 2. The summed E-state index contributed by atoms with van der Waals surface area (Å²) >= 11 is 9.07. The topological polar surface area (TPSA) is 79.7 Å². The van der Waals surface area contributed by atoms with E-state index in [9.17, 15) is 8.42 Å². The molecule has 1 atom stereocenters. The minimum absolute atomic E-state index is 0.0666. The Labute approximate surface area is 168 Å². The van der Waals surface area contributed by atoms with Crippen LogP contribution in [-0.4, -0.2) is 49.6 Å². The van der Waals surface area contributed by atoms with Crippen molar-refractivity contribution in [3.8, 4) is 5.75 Å². The van der Waals surface area contributed by atoms with Gasteiger partial charge in [0.15, 0.2) is 0 Å². The third-order valence-electron chi connectivity index (χ3n) is 3.46. The fourth-order valence-corrected chi connectivity index (χ4v) is 2.47. The minimum Gasteiger partial charge on any atom is -0.490 e. The van der Waals surface area contributed by atoms with Crippen LogP contribution in [0, 0.1) is 6.92 Å². The van der Waals surface area contributed by atoms with E-state index >= 15 is 0 Å². The average Bonchev–Trinajstić information content (AvgIpc) is 2.55. The lowest BCUT2D eigenvalue weighted by Crippen LogP contribution is -2.30. The second-order valence-electron chi connectivity index (χ2n) is 5.86. The van der Waals surface area contributed by atoms with Gasteiger partial charge < -0.3 is 9.64 Å². The number of aromatic nitrogens is 1. The number of pyridine rings is 1. The quantitative estimate of drug-likeness (QED) is 0.530. The maximum Gasteiger partial charge on any atom is 0.294 e. The molecule has 0 spiro atoms. The summed E-state index contributed by atoms with van der Waals surface area (Å²) in [6, 6.07) is 8.17. The molecule has 144 valence electrons. The van der Waals surface area contributed by atoms with E-state index in [2.05, 4.69) is 32.7 Å². The van der Waals surface area contributed by atoms with Gasteiger partial charge in [0.05, 0.1) is 15.6 Å². The maximum absolute atomic E-state index is 10.5. The van der Waals surface area contributed by atoms with Crippen LogP contribution in [0.25, 0.3) is 0 Å². The van der Waals surface area contributed by atoms with Crippen molar-refractivity contribution >= 4 is 37.6 Å². The van der Waals surface area contributed by atoms with Gasteiger partial charge in [0, 0.05) is 6.04 Å². The number of nitrogens with zero attached hydrogens (tertiary/aromatic N) is 2. The fourth-order valence-electron chi connectivity index (χ4n) is 1.56. The SMILES string of the molecule is C[C@H](COc1cnc(Cl)c(Br)c1)N(C)C.Cc1ccc(S(=O)(=O)O)cc1. The Morgan fingerprint density at radius 1 is 1.31 bits per heavy atom. The van der Waals surface area contributed by atoms with Gasteiger partial charge in [-0.1, -0.05) is 29.3 Å². The predicted molar refractivity (Wildman–Crippen MR) is 107 cm³/mol. The molecule has 6 nitrogen and oxygen atoms in total. The molecule has 2 rings (SSSR count). The summed E-state index contributed by atoms with van der Waals surface area (Å²) in [5.74, 6) is 0.722. The van der Waals surface area contributed by atoms with E-state index in [4.69, 9.17) is 20.9 Å². The molecule has 9 heteroatoms. The normalized spacial score (nSPS) is 12.3. The molecule has 0 amide bonds. The van der Waals surface area contributed by atoms with Crippen LogP contribution in [0.4, 0.5) is 0 Å². The molecule has 0 saturated heterocycles. The van der Waals surface area contributed by atoms with Gasteiger partial charge in [-0.15, -0.1) is 0 Å². The minimum atomic E-state index is -4.02. The zero-order valence-corrected chi connectivity index (χ0v) is 18.1. The Morgan fingerprint density at radius 3 is 2.35 bits per heavy atom. The van der Waals surface area contributed by atoms with E-state index in [1.54, 1.807) is 18.3 Å². The summed E-state index contributed by atoms with van der Waals surface area (Å²) in [5, 5.41) is 0.447. The number of ether oxygens (including phenoxy) is 1. The third kappa shape index (κ3) is 8.01. The summed E-state index contributed by atoms with van der Waals surface area (Å²) in [5.41, 5.74) is 0.956. The highest BCUT2D eigenvalue weighted by Crippen LogP contribution is 2.24. The Hall–Kier alpha value is -1.19. The number of rotatable bonds is 5. The van der Waals surface area contributed by atoms with Crippen LogP contribution in [0.2, 0.25) is 5.15 Å². The maximum atomic E-state index is 10.5. The monoisotopic (exact) mass is 464 g/mol. The molecule has 0 aliphatic carbocycles. The Balaban J connectivity index is 0.000000273. The summed E-state index contributed by atoms with van der Waals surface area (Å²) in [6.07, 6.45) is 1.62. The lowest BCUT2D eigenvalue weighted by molar-refractivity contribution is 0.198. The van der Waals surface area contributed by atoms with Crippen molar-refractivity contribution < 1.29 is 17.7 Å². The molecule has 1 aromatic carbocycles. The standard InChI is InChI=1S/C10H14BrClN2O.C7H8O3S/c1-7(14(2)3)6-15-8-4-9(11)10(12)13-5-8;1-6-2-4-7(5-3-6)11(8,9)10/h4-5,7H,6H2,1-3H3;2-5H,1H3,(H,8,9,10)/t7-;/m1./s1. The highest BCUT2D eigenvalue weighted by atomic mass is 79.9. The van der Waals surface area contributed by atoms with Crippen LogP contribution in [0.15, 0.2) is 45.9 Å². The Morgan fingerprint density at radius 2 is 1.88 bits per heavy atom. The van der Waals surface area contributed by atoms with Crippen molar-refractivity contribution in [3.63, 3.8) is 0 Å². The lowest BCUT2D eigenvalue weighted by atomic mass is 10.2. The molecule has 1 N–H and O–H groups in total. The van der Waals surface area contributed by atoms with Gasteiger partial charge in [-0.25, -0.2) is 4.98 Å². The summed E-state index contributed by atoms with van der Waals surface area (Å²) < 4.78 is 35.9. The van der Waals surface area contributed by atoms with Crippen LogP contribution in [0.5, 0.6) is 5.75 Å². The molecule has 0 radical (unpaired) electrons. The van der Waals surface area contributed by atoms with E-state index in [0.717, 1.165) is 15.8 Å². The zero-order chi connectivity index (χ0) is 19.9. The molecular formula is C17H22BrClN2O4S. The highest BCUT2D eigenvalue weighted by molar-refractivity contribution is 9.10.